The molecule has 34 heavy (non-hydrogen) atoms. The van der Waals surface area contributed by atoms with Gasteiger partial charge in [-0.2, -0.15) is 0 Å². The number of hydrogen-bond acceptors (Lipinski definition) is 3. The lowest BCUT2D eigenvalue weighted by molar-refractivity contribution is 0.0789. The van der Waals surface area contributed by atoms with Gasteiger partial charge in [-0.05, 0) is 61.0 Å². The zero-order valence-electron chi connectivity index (χ0n) is 18.3. The molecule has 0 bridgehead atoms. The second kappa shape index (κ2) is 10.5. The normalized spacial score (nSPS) is 14.9. The molecule has 4 N–H and O–H groups in total. The van der Waals surface area contributed by atoms with E-state index in [0.29, 0.717) is 42.1 Å². The van der Waals surface area contributed by atoms with Crippen LogP contribution < -0.4 is 21.3 Å². The van der Waals surface area contributed by atoms with Gasteiger partial charge in [-0.15, -0.1) is 0 Å². The zero-order valence-corrected chi connectivity index (χ0v) is 18.3. The topological polar surface area (TPSA) is 103 Å². The fraction of sp³-hybridized carbons (Fsp3) is 0.160. The minimum absolute atomic E-state index is 0.197. The van der Waals surface area contributed by atoms with Crippen LogP contribution in [-0.2, 0) is 0 Å². The molecular weight excluding hydrogens is 437 g/mol. The number of rotatable bonds is 5. The first-order valence-electron chi connectivity index (χ1n) is 10.8. The minimum Gasteiger partial charge on any atom is -0.337 e. The van der Waals surface area contributed by atoms with Crippen molar-refractivity contribution in [3.05, 3.63) is 90.2 Å². The Labute approximate surface area is 196 Å². The van der Waals surface area contributed by atoms with E-state index < -0.39 is 17.9 Å². The van der Waals surface area contributed by atoms with E-state index in [1.54, 1.807) is 41.3 Å². The second-order valence-corrected chi connectivity index (χ2v) is 7.87. The molecule has 1 heterocycles. The first-order chi connectivity index (χ1) is 16.5. The van der Waals surface area contributed by atoms with E-state index >= 15 is 0 Å². The standard InChI is InChI=1S/C25H24FN5O3/c26-18-11-9-17(10-12-18)23(32)31-14-13-22(16-31)30-25(34)29-21-8-4-7-20(15-21)28-24(33)27-19-5-2-1-3-6-19/h1-12,15,22H,13-14,16H2,(H2,27,28,33)(H2,29,30,34)/t22-/m0/s1. The number of anilines is 3. The van der Waals surface area contributed by atoms with E-state index in [1.165, 1.54) is 24.3 Å². The van der Waals surface area contributed by atoms with Crippen molar-refractivity contribution in [2.24, 2.45) is 0 Å². The summed E-state index contributed by atoms with van der Waals surface area (Å²) >= 11 is 0. The highest BCUT2D eigenvalue weighted by molar-refractivity contribution is 6.00. The summed E-state index contributed by atoms with van der Waals surface area (Å²) in [5.74, 6) is -0.595. The summed E-state index contributed by atoms with van der Waals surface area (Å²) in [4.78, 5) is 38.8. The predicted molar refractivity (Wildman–Crippen MR) is 128 cm³/mol. The number of likely N-dealkylation sites (tertiary alicyclic amines) is 1. The number of para-hydroxylation sites is 1. The molecule has 0 unspecified atom stereocenters. The fourth-order valence-electron chi connectivity index (χ4n) is 3.68. The molecule has 1 saturated heterocycles. The van der Waals surface area contributed by atoms with Gasteiger partial charge in [0.05, 0.1) is 0 Å². The smallest absolute Gasteiger partial charge is 0.323 e. The minimum atomic E-state index is -0.410. The maximum Gasteiger partial charge on any atom is 0.323 e. The maximum atomic E-state index is 13.1. The van der Waals surface area contributed by atoms with Gasteiger partial charge < -0.3 is 26.2 Å². The average molecular weight is 461 g/mol. The van der Waals surface area contributed by atoms with Crippen molar-refractivity contribution in [2.45, 2.75) is 12.5 Å². The number of carbonyl (C=O) groups excluding carboxylic acids is 3. The van der Waals surface area contributed by atoms with Crippen molar-refractivity contribution in [1.29, 1.82) is 0 Å². The Morgan fingerprint density at radius 2 is 1.38 bits per heavy atom. The number of amides is 5. The van der Waals surface area contributed by atoms with Gasteiger partial charge in [0.1, 0.15) is 5.82 Å². The van der Waals surface area contributed by atoms with Crippen molar-refractivity contribution in [1.82, 2.24) is 10.2 Å². The van der Waals surface area contributed by atoms with Crippen LogP contribution in [0.4, 0.5) is 31.0 Å². The Morgan fingerprint density at radius 1 is 0.765 bits per heavy atom. The third-order valence-corrected chi connectivity index (χ3v) is 5.31. The van der Waals surface area contributed by atoms with Crippen LogP contribution in [0.3, 0.4) is 0 Å². The van der Waals surface area contributed by atoms with Gasteiger partial charge in [0.25, 0.3) is 5.91 Å². The lowest BCUT2D eigenvalue weighted by Gasteiger charge is -2.17. The van der Waals surface area contributed by atoms with Crippen molar-refractivity contribution < 1.29 is 18.8 Å². The van der Waals surface area contributed by atoms with Gasteiger partial charge in [0.15, 0.2) is 0 Å². The number of hydrogen-bond donors (Lipinski definition) is 4. The van der Waals surface area contributed by atoms with Crippen LogP contribution in [0.5, 0.6) is 0 Å². The summed E-state index contributed by atoms with van der Waals surface area (Å²) in [6.45, 7) is 0.863. The van der Waals surface area contributed by atoms with Crippen molar-refractivity contribution in [2.75, 3.05) is 29.0 Å². The molecule has 9 heteroatoms. The highest BCUT2D eigenvalue weighted by Gasteiger charge is 2.28. The molecule has 4 rings (SSSR count). The molecule has 0 aromatic heterocycles. The van der Waals surface area contributed by atoms with Crippen molar-refractivity contribution in [3.63, 3.8) is 0 Å². The van der Waals surface area contributed by atoms with Crippen LogP contribution >= 0.6 is 0 Å². The molecule has 174 valence electrons. The number of carbonyl (C=O) groups is 3. The predicted octanol–water partition coefficient (Wildman–Crippen LogP) is 4.51. The van der Waals surface area contributed by atoms with Crippen LogP contribution in [0.1, 0.15) is 16.8 Å². The molecule has 8 nitrogen and oxygen atoms in total. The quantitative estimate of drug-likeness (QED) is 0.450. The molecule has 0 saturated carbocycles. The van der Waals surface area contributed by atoms with Crippen LogP contribution in [0.2, 0.25) is 0 Å². The number of urea groups is 2. The Hall–Kier alpha value is -4.40. The highest BCUT2D eigenvalue weighted by atomic mass is 19.1. The third-order valence-electron chi connectivity index (χ3n) is 5.31. The molecule has 1 aliphatic rings. The van der Waals surface area contributed by atoms with E-state index in [2.05, 4.69) is 21.3 Å². The Kier molecular flexibility index (Phi) is 7.02. The van der Waals surface area contributed by atoms with Crippen LogP contribution in [0, 0.1) is 5.82 Å². The number of halogens is 1. The number of benzene rings is 3. The van der Waals surface area contributed by atoms with Crippen LogP contribution in [-0.4, -0.2) is 42.0 Å². The van der Waals surface area contributed by atoms with Gasteiger partial charge in [-0.3, -0.25) is 4.79 Å². The van der Waals surface area contributed by atoms with Crippen LogP contribution in [0.25, 0.3) is 0 Å². The van der Waals surface area contributed by atoms with Crippen molar-refractivity contribution >= 4 is 35.0 Å². The van der Waals surface area contributed by atoms with Gasteiger partial charge in [0, 0.05) is 41.8 Å². The lowest BCUT2D eigenvalue weighted by atomic mass is 10.2. The second-order valence-electron chi connectivity index (χ2n) is 7.87. The molecule has 3 aromatic carbocycles. The summed E-state index contributed by atoms with van der Waals surface area (Å²) in [6, 6.07) is 20.2. The Bertz CT molecular complexity index is 1170. The van der Waals surface area contributed by atoms with Gasteiger partial charge in [0.2, 0.25) is 0 Å². The average Bonchev–Trinajstić information content (AvgIpc) is 3.28. The third kappa shape index (κ3) is 6.10. The van der Waals surface area contributed by atoms with Gasteiger partial charge in [-0.1, -0.05) is 24.3 Å². The number of nitrogens with zero attached hydrogens (tertiary/aromatic N) is 1. The Balaban J connectivity index is 1.26. The summed E-state index contributed by atoms with van der Waals surface area (Å²) in [7, 11) is 0. The summed E-state index contributed by atoms with van der Waals surface area (Å²) in [5, 5.41) is 11.1. The largest absolute Gasteiger partial charge is 0.337 e. The van der Waals surface area contributed by atoms with Gasteiger partial charge in [-0.25, -0.2) is 14.0 Å². The SMILES string of the molecule is O=C(Nc1ccccc1)Nc1cccc(NC(=O)N[C@H]2CCN(C(=O)c3ccc(F)cc3)C2)c1. The molecule has 1 fully saturated rings. The molecule has 1 atom stereocenters. The molecule has 1 aliphatic heterocycles. The molecule has 0 radical (unpaired) electrons. The lowest BCUT2D eigenvalue weighted by Crippen LogP contribution is -2.40. The first-order valence-corrected chi connectivity index (χ1v) is 10.8. The molecule has 5 amide bonds. The maximum absolute atomic E-state index is 13.1. The van der Waals surface area contributed by atoms with E-state index in [-0.39, 0.29) is 11.9 Å². The highest BCUT2D eigenvalue weighted by Crippen LogP contribution is 2.17. The fourth-order valence-corrected chi connectivity index (χ4v) is 3.68. The van der Waals surface area contributed by atoms with E-state index in [0.717, 1.165) is 0 Å². The number of nitrogens with one attached hydrogen (secondary N) is 4. The van der Waals surface area contributed by atoms with Gasteiger partial charge >= 0.3 is 12.1 Å². The van der Waals surface area contributed by atoms with Crippen LogP contribution in [0.15, 0.2) is 78.9 Å². The van der Waals surface area contributed by atoms with E-state index in [4.69, 9.17) is 0 Å². The molecule has 0 spiro atoms. The van der Waals surface area contributed by atoms with E-state index in [1.807, 2.05) is 18.2 Å². The Morgan fingerprint density at radius 3 is 2.09 bits per heavy atom. The van der Waals surface area contributed by atoms with Crippen molar-refractivity contribution in [3.8, 4) is 0 Å². The van der Waals surface area contributed by atoms with E-state index in [9.17, 15) is 18.8 Å². The molecular formula is C25H24FN5O3. The summed E-state index contributed by atoms with van der Waals surface area (Å²) < 4.78 is 13.1. The monoisotopic (exact) mass is 461 g/mol. The molecule has 3 aromatic rings. The first kappa shape index (κ1) is 22.8. The zero-order chi connectivity index (χ0) is 23.9. The summed E-state index contributed by atoms with van der Waals surface area (Å²) in [5.41, 5.74) is 2.10. The summed E-state index contributed by atoms with van der Waals surface area (Å²) in [6.07, 6.45) is 0.613. The molecule has 0 aliphatic carbocycles.